The Morgan fingerprint density at radius 2 is 2.19 bits per heavy atom. The van der Waals surface area contributed by atoms with Crippen LogP contribution >= 0.6 is 11.3 Å². The summed E-state index contributed by atoms with van der Waals surface area (Å²) in [5.74, 6) is 0.582. The van der Waals surface area contributed by atoms with Crippen molar-refractivity contribution in [3.8, 4) is 11.5 Å². The van der Waals surface area contributed by atoms with Crippen molar-refractivity contribution in [3.05, 3.63) is 35.2 Å². The van der Waals surface area contributed by atoms with Crippen LogP contribution in [0, 0.1) is 0 Å². The number of hydrogen-bond donors (Lipinski definition) is 1. The van der Waals surface area contributed by atoms with Crippen LogP contribution in [0.1, 0.15) is 13.8 Å². The molecule has 3 rings (SSSR count). The van der Waals surface area contributed by atoms with E-state index in [9.17, 15) is 4.79 Å². The Balaban J connectivity index is 2.06. The monoisotopic (exact) mass is 302 g/mol. The fourth-order valence-electron chi connectivity index (χ4n) is 1.97. The van der Waals surface area contributed by atoms with Gasteiger partial charge < -0.3 is 4.74 Å². The van der Waals surface area contributed by atoms with Gasteiger partial charge in [0.15, 0.2) is 5.82 Å². The van der Waals surface area contributed by atoms with Crippen molar-refractivity contribution in [1.29, 1.82) is 0 Å². The average Bonchev–Trinajstić information content (AvgIpc) is 3.06. The van der Waals surface area contributed by atoms with E-state index in [1.165, 1.54) is 11.3 Å². The van der Waals surface area contributed by atoms with Crippen LogP contribution in [0.5, 0.6) is 0 Å². The summed E-state index contributed by atoms with van der Waals surface area (Å²) in [5.41, 5.74) is 6.72. The zero-order chi connectivity index (χ0) is 14.8. The summed E-state index contributed by atoms with van der Waals surface area (Å²) in [6.45, 7) is 3.60. The zero-order valence-electron chi connectivity index (χ0n) is 11.6. The van der Waals surface area contributed by atoms with Crippen molar-refractivity contribution in [3.63, 3.8) is 0 Å². The molecule has 1 amide bonds. The van der Waals surface area contributed by atoms with E-state index in [-0.39, 0.29) is 6.10 Å². The second-order valence-electron chi connectivity index (χ2n) is 4.70. The lowest BCUT2D eigenvalue weighted by molar-refractivity contribution is 0.127. The number of imidazole rings is 1. The van der Waals surface area contributed by atoms with Crippen LogP contribution in [0.15, 0.2) is 35.2 Å². The molecule has 0 bridgehead atoms. The molecule has 7 heteroatoms. The van der Waals surface area contributed by atoms with Crippen molar-refractivity contribution >= 4 is 28.5 Å². The van der Waals surface area contributed by atoms with Crippen LogP contribution in [0.2, 0.25) is 0 Å². The number of thiazole rings is 1. The normalized spacial score (nSPS) is 11.0. The number of aromatic nitrogens is 3. The van der Waals surface area contributed by atoms with Crippen molar-refractivity contribution in [2.45, 2.75) is 20.0 Å². The average molecular weight is 302 g/mol. The third kappa shape index (κ3) is 2.73. The van der Waals surface area contributed by atoms with Crippen molar-refractivity contribution in [2.75, 3.05) is 5.43 Å². The predicted molar refractivity (Wildman–Crippen MR) is 81.8 cm³/mol. The van der Waals surface area contributed by atoms with Gasteiger partial charge in [0.05, 0.1) is 22.6 Å². The molecule has 6 nitrogen and oxygen atoms in total. The lowest BCUT2D eigenvalue weighted by atomic mass is 10.3. The molecule has 3 aromatic rings. The van der Waals surface area contributed by atoms with Crippen LogP contribution in [0.4, 0.5) is 4.79 Å². The first-order chi connectivity index (χ1) is 10.1. The molecule has 0 aliphatic heterocycles. The molecule has 0 saturated heterocycles. The van der Waals surface area contributed by atoms with E-state index in [1.54, 1.807) is 24.0 Å². The third-order valence-corrected chi connectivity index (χ3v) is 3.35. The number of carbonyl (C=O) groups is 1. The van der Waals surface area contributed by atoms with Crippen LogP contribution in [-0.2, 0) is 4.74 Å². The van der Waals surface area contributed by atoms with Gasteiger partial charge in [-0.05, 0) is 26.0 Å². The lowest BCUT2D eigenvalue weighted by Gasteiger charge is -2.12. The molecule has 2 aromatic heterocycles. The van der Waals surface area contributed by atoms with Crippen molar-refractivity contribution < 1.29 is 9.53 Å². The minimum absolute atomic E-state index is 0.192. The highest BCUT2D eigenvalue weighted by atomic mass is 32.1. The number of hydrogen-bond acceptors (Lipinski definition) is 5. The van der Waals surface area contributed by atoms with E-state index in [2.05, 4.69) is 15.4 Å². The van der Waals surface area contributed by atoms with E-state index < -0.39 is 6.09 Å². The first-order valence-corrected chi connectivity index (χ1v) is 7.43. The van der Waals surface area contributed by atoms with E-state index >= 15 is 0 Å². The highest BCUT2D eigenvalue weighted by molar-refractivity contribution is 7.07. The molecule has 0 aliphatic rings. The maximum absolute atomic E-state index is 11.9. The Bertz CT molecular complexity index is 764. The number of carbonyl (C=O) groups excluding carboxylic acids is 1. The molecule has 1 aromatic carbocycles. The van der Waals surface area contributed by atoms with Gasteiger partial charge in [-0.25, -0.2) is 24.9 Å². The van der Waals surface area contributed by atoms with Gasteiger partial charge in [0.1, 0.15) is 5.69 Å². The largest absolute Gasteiger partial charge is 0.446 e. The Kier molecular flexibility index (Phi) is 3.57. The highest BCUT2D eigenvalue weighted by Gasteiger charge is 2.16. The third-order valence-electron chi connectivity index (χ3n) is 2.77. The Morgan fingerprint density at radius 1 is 1.38 bits per heavy atom. The molecule has 0 saturated carbocycles. The van der Waals surface area contributed by atoms with E-state index in [0.29, 0.717) is 11.5 Å². The van der Waals surface area contributed by atoms with Crippen LogP contribution < -0.4 is 5.43 Å². The fraction of sp³-hybridized carbons (Fsp3) is 0.214. The smallest absolute Gasteiger partial charge is 0.426 e. The highest BCUT2D eigenvalue weighted by Crippen LogP contribution is 2.23. The molecule has 21 heavy (non-hydrogen) atoms. The van der Waals surface area contributed by atoms with Crippen LogP contribution in [0.3, 0.4) is 0 Å². The number of nitrogens with one attached hydrogen (secondary N) is 1. The van der Waals surface area contributed by atoms with Gasteiger partial charge in [-0.3, -0.25) is 0 Å². The topological polar surface area (TPSA) is 69.0 Å². The molecule has 0 spiro atoms. The van der Waals surface area contributed by atoms with Gasteiger partial charge in [0.2, 0.25) is 0 Å². The number of rotatable bonds is 3. The number of fused-ring (bicyclic) bond motifs is 1. The van der Waals surface area contributed by atoms with Gasteiger partial charge >= 0.3 is 6.09 Å². The van der Waals surface area contributed by atoms with Crippen LogP contribution in [-0.4, -0.2) is 26.8 Å². The van der Waals surface area contributed by atoms with Gasteiger partial charge in [-0.1, -0.05) is 12.1 Å². The van der Waals surface area contributed by atoms with E-state index in [1.807, 2.05) is 29.6 Å². The summed E-state index contributed by atoms with van der Waals surface area (Å²) in [6, 6.07) is 7.56. The first-order valence-electron chi connectivity index (χ1n) is 6.49. The van der Waals surface area contributed by atoms with Gasteiger partial charge in [-0.15, -0.1) is 11.3 Å². The van der Waals surface area contributed by atoms with Crippen molar-refractivity contribution in [1.82, 2.24) is 14.6 Å². The van der Waals surface area contributed by atoms with Crippen molar-refractivity contribution in [2.24, 2.45) is 0 Å². The van der Waals surface area contributed by atoms with E-state index in [0.717, 1.165) is 11.0 Å². The molecule has 0 aliphatic carbocycles. The summed E-state index contributed by atoms with van der Waals surface area (Å²) in [5, 5.41) is 1.88. The fourth-order valence-corrected chi connectivity index (χ4v) is 2.50. The second-order valence-corrected chi connectivity index (χ2v) is 5.42. The summed E-state index contributed by atoms with van der Waals surface area (Å²) < 4.78 is 6.73. The zero-order valence-corrected chi connectivity index (χ0v) is 12.4. The van der Waals surface area contributed by atoms with Gasteiger partial charge in [0.25, 0.3) is 0 Å². The first kappa shape index (κ1) is 13.6. The molecule has 2 heterocycles. The van der Waals surface area contributed by atoms with E-state index in [4.69, 9.17) is 4.74 Å². The molecule has 1 N–H and O–H groups in total. The van der Waals surface area contributed by atoms with Crippen LogP contribution in [0.25, 0.3) is 22.6 Å². The van der Waals surface area contributed by atoms with Gasteiger partial charge in [-0.2, -0.15) is 0 Å². The number of nitrogens with zero attached hydrogens (tertiary/aromatic N) is 3. The summed E-state index contributed by atoms with van der Waals surface area (Å²) >= 11 is 1.47. The molecule has 108 valence electrons. The number of para-hydroxylation sites is 2. The Hall–Kier alpha value is -2.41. The maximum atomic E-state index is 11.9. The molecule has 0 fully saturated rings. The molecule has 0 atom stereocenters. The molecule has 0 unspecified atom stereocenters. The maximum Gasteiger partial charge on any atom is 0.426 e. The summed E-state index contributed by atoms with van der Waals surface area (Å²) in [4.78, 5) is 20.7. The lowest BCUT2D eigenvalue weighted by Crippen LogP contribution is -2.26. The Morgan fingerprint density at radius 3 is 2.90 bits per heavy atom. The predicted octanol–water partition coefficient (Wildman–Crippen LogP) is 3.25. The molecular weight excluding hydrogens is 288 g/mol. The summed E-state index contributed by atoms with van der Waals surface area (Å²) in [7, 11) is 0. The molecular formula is C14H14N4O2S. The minimum atomic E-state index is -0.523. The van der Waals surface area contributed by atoms with Gasteiger partial charge in [0, 0.05) is 5.38 Å². The molecule has 0 radical (unpaired) electrons. The standard InChI is InChI=1S/C14H14N4O2S/c1-9(2)20-14(19)17-18-12-6-4-3-5-10(12)16-13(18)11-7-21-8-15-11/h3-9H,1-2H3,(H,17,19). The Labute approximate surface area is 125 Å². The SMILES string of the molecule is CC(C)OC(=O)Nn1c(-c2cscn2)nc2ccccc21. The number of benzene rings is 1. The number of ether oxygens (including phenoxy) is 1. The minimum Gasteiger partial charge on any atom is -0.446 e. The second kappa shape index (κ2) is 5.53. The quantitative estimate of drug-likeness (QED) is 0.806. The summed E-state index contributed by atoms with van der Waals surface area (Å²) in [6.07, 6.45) is -0.716. The number of amides is 1.